The highest BCUT2D eigenvalue weighted by Crippen LogP contribution is 2.23. The number of hydrogen-bond acceptors (Lipinski definition) is 3. The van der Waals surface area contributed by atoms with Crippen molar-refractivity contribution in [1.29, 1.82) is 5.26 Å². The topological polar surface area (TPSA) is 44.0 Å². The largest absolute Gasteiger partial charge is 0.389 e. The van der Waals surface area contributed by atoms with Crippen LogP contribution in [-0.2, 0) is 0 Å². The van der Waals surface area contributed by atoms with Crippen molar-refractivity contribution in [1.82, 2.24) is 0 Å². The van der Waals surface area contributed by atoms with E-state index in [2.05, 4.69) is 12.1 Å². The van der Waals surface area contributed by atoms with Gasteiger partial charge in [-0.3, -0.25) is 0 Å². The Morgan fingerprint density at radius 3 is 2.94 bits per heavy atom. The highest BCUT2D eigenvalue weighted by Gasteiger charge is 2.01. The summed E-state index contributed by atoms with van der Waals surface area (Å²) in [6.45, 7) is 1.77. The van der Waals surface area contributed by atoms with E-state index in [-0.39, 0.29) is 0 Å². The number of aliphatic hydroxyl groups excluding tert-OH is 1. The summed E-state index contributed by atoms with van der Waals surface area (Å²) in [6, 6.07) is 10.1. The zero-order chi connectivity index (χ0) is 11.8. The zero-order valence-corrected chi connectivity index (χ0v) is 10.3. The fourth-order valence-electron chi connectivity index (χ4n) is 1.36. The molecule has 0 fully saturated rings. The van der Waals surface area contributed by atoms with Crippen molar-refractivity contribution in [2.24, 2.45) is 0 Å². The Hall–Kier alpha value is -0.980. The van der Waals surface area contributed by atoms with Crippen molar-refractivity contribution in [3.8, 4) is 6.07 Å². The third-order valence-electron chi connectivity index (χ3n) is 2.29. The van der Waals surface area contributed by atoms with Gasteiger partial charge >= 0.3 is 0 Å². The third-order valence-corrected chi connectivity index (χ3v) is 3.37. The number of nitriles is 1. The van der Waals surface area contributed by atoms with Gasteiger partial charge in [0.15, 0.2) is 0 Å². The van der Waals surface area contributed by atoms with Crippen LogP contribution in [0.3, 0.4) is 0 Å². The maximum atomic E-state index is 9.44. The molecule has 1 aromatic carbocycles. The van der Waals surface area contributed by atoms with Gasteiger partial charge in [0.1, 0.15) is 0 Å². The molecule has 0 saturated carbocycles. The van der Waals surface area contributed by atoms with Crippen LogP contribution in [0.25, 0.3) is 0 Å². The van der Waals surface area contributed by atoms with Crippen LogP contribution in [0.15, 0.2) is 29.2 Å². The molecule has 1 N–H and O–H groups in total. The fourth-order valence-corrected chi connectivity index (χ4v) is 2.34. The second-order valence-corrected chi connectivity index (χ2v) is 4.88. The molecule has 0 heterocycles. The van der Waals surface area contributed by atoms with E-state index in [0.717, 1.165) is 24.2 Å². The first kappa shape index (κ1) is 13.1. The minimum Gasteiger partial charge on any atom is -0.389 e. The summed E-state index contributed by atoms with van der Waals surface area (Å²) in [5, 5.41) is 17.8. The van der Waals surface area contributed by atoms with Crippen LogP contribution in [0.4, 0.5) is 0 Å². The normalized spacial score (nSPS) is 12.1. The van der Waals surface area contributed by atoms with E-state index in [1.165, 1.54) is 4.90 Å². The average Bonchev–Trinajstić information content (AvgIpc) is 2.29. The molecule has 1 aromatic rings. The van der Waals surface area contributed by atoms with Crippen LogP contribution in [0, 0.1) is 11.3 Å². The number of aliphatic hydroxyl groups is 1. The van der Waals surface area contributed by atoms with Crippen molar-refractivity contribution in [2.75, 3.05) is 5.75 Å². The Bertz CT molecular complexity index is 357. The lowest BCUT2D eigenvalue weighted by atomic mass is 10.1. The van der Waals surface area contributed by atoms with Gasteiger partial charge < -0.3 is 5.11 Å². The van der Waals surface area contributed by atoms with Crippen LogP contribution in [0.5, 0.6) is 0 Å². The summed E-state index contributed by atoms with van der Waals surface area (Å²) in [6.07, 6.45) is 2.28. The third kappa shape index (κ3) is 4.69. The van der Waals surface area contributed by atoms with E-state index in [1.807, 2.05) is 18.2 Å². The van der Waals surface area contributed by atoms with E-state index in [1.54, 1.807) is 18.7 Å². The monoisotopic (exact) mass is 235 g/mol. The summed E-state index contributed by atoms with van der Waals surface area (Å²) in [7, 11) is 0. The minimum atomic E-state index is -0.404. The molecule has 1 atom stereocenters. The molecule has 0 spiro atoms. The molecule has 0 saturated heterocycles. The molecule has 0 aliphatic carbocycles. The van der Waals surface area contributed by atoms with Crippen LogP contribution in [0.2, 0.25) is 0 Å². The lowest BCUT2D eigenvalue weighted by Crippen LogP contribution is -1.90. The minimum absolute atomic E-state index is 0.404. The molecule has 3 heteroatoms. The summed E-state index contributed by atoms with van der Waals surface area (Å²) >= 11 is 1.78. The fraction of sp³-hybridized carbons (Fsp3) is 0.462. The van der Waals surface area contributed by atoms with Crippen LogP contribution >= 0.6 is 11.8 Å². The smallest absolute Gasteiger partial charge is 0.0762 e. The van der Waals surface area contributed by atoms with Gasteiger partial charge in [-0.25, -0.2) is 0 Å². The molecule has 2 nitrogen and oxygen atoms in total. The first-order valence-corrected chi connectivity index (χ1v) is 6.50. The number of rotatable bonds is 6. The van der Waals surface area contributed by atoms with E-state index in [9.17, 15) is 5.11 Å². The molecule has 0 bridgehead atoms. The first-order chi connectivity index (χ1) is 7.74. The highest BCUT2D eigenvalue weighted by atomic mass is 32.2. The van der Waals surface area contributed by atoms with Gasteiger partial charge in [-0.2, -0.15) is 5.26 Å². The molecular weight excluding hydrogens is 218 g/mol. The Balaban J connectivity index is 2.37. The van der Waals surface area contributed by atoms with Crippen LogP contribution in [0.1, 0.15) is 37.9 Å². The molecule has 0 aromatic heterocycles. The Morgan fingerprint density at radius 1 is 1.44 bits per heavy atom. The average molecular weight is 235 g/mol. The molecule has 0 aliphatic rings. The van der Waals surface area contributed by atoms with Gasteiger partial charge in [0, 0.05) is 11.3 Å². The first-order valence-electron chi connectivity index (χ1n) is 5.52. The maximum absolute atomic E-state index is 9.44. The molecule has 1 unspecified atom stereocenters. The zero-order valence-electron chi connectivity index (χ0n) is 9.52. The van der Waals surface area contributed by atoms with Crippen molar-refractivity contribution in [2.45, 2.75) is 37.2 Å². The maximum Gasteiger partial charge on any atom is 0.0762 e. The van der Waals surface area contributed by atoms with E-state index < -0.39 is 6.10 Å². The molecule has 0 radical (unpaired) electrons. The van der Waals surface area contributed by atoms with Crippen molar-refractivity contribution in [3.63, 3.8) is 0 Å². The number of hydrogen-bond donors (Lipinski definition) is 1. The van der Waals surface area contributed by atoms with Crippen LogP contribution < -0.4 is 0 Å². The van der Waals surface area contributed by atoms with Crippen molar-refractivity contribution >= 4 is 11.8 Å². The van der Waals surface area contributed by atoms with Crippen molar-refractivity contribution in [3.05, 3.63) is 29.8 Å². The SMILES string of the molecule is CC(O)c1cccc(SCCCCC#N)c1. The predicted molar refractivity (Wildman–Crippen MR) is 67.3 cm³/mol. The Morgan fingerprint density at radius 2 is 2.25 bits per heavy atom. The lowest BCUT2D eigenvalue weighted by Gasteiger charge is -2.06. The molecule has 16 heavy (non-hydrogen) atoms. The van der Waals surface area contributed by atoms with Crippen molar-refractivity contribution < 1.29 is 5.11 Å². The van der Waals surface area contributed by atoms with E-state index in [0.29, 0.717) is 6.42 Å². The predicted octanol–water partition coefficient (Wildman–Crippen LogP) is 3.53. The number of unbranched alkanes of at least 4 members (excludes halogenated alkanes) is 2. The Labute approximate surface area is 101 Å². The molecule has 86 valence electrons. The van der Waals surface area contributed by atoms with Gasteiger partial charge in [-0.1, -0.05) is 12.1 Å². The quantitative estimate of drug-likeness (QED) is 0.606. The summed E-state index contributed by atoms with van der Waals surface area (Å²) in [4.78, 5) is 1.19. The standard InChI is InChI=1S/C13H17NOS/c1-11(15)12-6-5-7-13(10-12)16-9-4-2-3-8-14/h5-7,10-11,15H,2-4,9H2,1H3. The number of benzene rings is 1. The number of nitrogens with zero attached hydrogens (tertiary/aromatic N) is 1. The van der Waals surface area contributed by atoms with Gasteiger partial charge in [-0.15, -0.1) is 11.8 Å². The molecule has 1 rings (SSSR count). The summed E-state index contributed by atoms with van der Waals surface area (Å²) in [5.74, 6) is 1.03. The molecular formula is C13H17NOS. The summed E-state index contributed by atoms with van der Waals surface area (Å²) < 4.78 is 0. The molecule has 0 amide bonds. The van der Waals surface area contributed by atoms with E-state index >= 15 is 0 Å². The van der Waals surface area contributed by atoms with E-state index in [4.69, 9.17) is 5.26 Å². The van der Waals surface area contributed by atoms with Gasteiger partial charge in [0.25, 0.3) is 0 Å². The highest BCUT2D eigenvalue weighted by molar-refractivity contribution is 7.99. The summed E-state index contributed by atoms with van der Waals surface area (Å²) in [5.41, 5.74) is 0.960. The number of thioether (sulfide) groups is 1. The van der Waals surface area contributed by atoms with Crippen LogP contribution in [-0.4, -0.2) is 10.9 Å². The van der Waals surface area contributed by atoms with Gasteiger partial charge in [0.2, 0.25) is 0 Å². The second kappa shape index (κ2) is 7.32. The van der Waals surface area contributed by atoms with Gasteiger partial charge in [-0.05, 0) is 43.2 Å². The second-order valence-electron chi connectivity index (χ2n) is 3.71. The van der Waals surface area contributed by atoms with Gasteiger partial charge in [0.05, 0.1) is 12.2 Å². The lowest BCUT2D eigenvalue weighted by molar-refractivity contribution is 0.199. The molecule has 0 aliphatic heterocycles. The Kier molecular flexibility index (Phi) is 5.99.